The van der Waals surface area contributed by atoms with E-state index >= 15 is 0 Å². The standard InChI is InChI=1S/C66H111N15O21/c1-35(2)32-44-54(90)75-41(24-29-70-60(96)100-64(8,9)10)51(87)74-43(26-31-72-62(98)102-66(14,15)16)53(89)81-47(36(3)83)57(93)68-28-23-40(76-56(92)46(34-82)79-58(94)48(37(4)84)80-49(85)39(67)22-27-69-59(95)99-63(5,6)7)50(86)73-42(25-30-71-61(97)101-65(11,12)13)52(88)78-45(55(91)77-44)33-38-20-18-17-19-21-38/h17-21,35-37,39-48,82-84H,22-34,67H2,1-16H3,(H,68,93)(H,69,95)(H,70,96)(H,71,97)(H,72,98)(H,73,86)(H,74,87)(H,75,90)(H,76,92)(H,77,91)(H,78,88)(H,79,94)(H,80,85)(H,81,89)/t36-,37-,39+,40+,41+,42+,43+,44+,45-,46-,47+,48+/m1/s1. The van der Waals surface area contributed by atoms with Crippen molar-refractivity contribution in [3.63, 3.8) is 0 Å². The quantitative estimate of drug-likeness (QED) is 0.0466. The summed E-state index contributed by atoms with van der Waals surface area (Å²) in [5.74, 6) is -11.5. The highest BCUT2D eigenvalue weighted by atomic mass is 16.6. The minimum absolute atomic E-state index is 0.106. The van der Waals surface area contributed by atoms with Gasteiger partial charge < -0.3 is 114 Å². The highest BCUT2D eigenvalue weighted by Crippen LogP contribution is 2.14. The van der Waals surface area contributed by atoms with Crippen LogP contribution in [0, 0.1) is 5.92 Å². The summed E-state index contributed by atoms with van der Waals surface area (Å²) in [4.78, 5) is 195. The van der Waals surface area contributed by atoms with Crippen LogP contribution in [-0.2, 0) is 73.3 Å². The first-order chi connectivity index (χ1) is 47.2. The predicted molar refractivity (Wildman–Crippen MR) is 368 cm³/mol. The molecule has 0 radical (unpaired) electrons. The number of alkyl carbamates (subject to hydrolysis) is 4. The van der Waals surface area contributed by atoms with E-state index in [2.05, 4.69) is 74.4 Å². The number of carbonyl (C=O) groups is 14. The van der Waals surface area contributed by atoms with Gasteiger partial charge in [-0.15, -0.1) is 0 Å². The minimum atomic E-state index is -1.99. The molecule has 36 heteroatoms. The molecule has 0 spiro atoms. The van der Waals surface area contributed by atoms with Crippen molar-refractivity contribution < 1.29 is 101 Å². The van der Waals surface area contributed by atoms with Gasteiger partial charge in [0.15, 0.2) is 0 Å². The molecule has 1 aromatic rings. The predicted octanol–water partition coefficient (Wildman–Crippen LogP) is -2.10. The van der Waals surface area contributed by atoms with E-state index in [-0.39, 0.29) is 51.2 Å². The Morgan fingerprint density at radius 2 is 0.902 bits per heavy atom. The molecule has 0 aromatic heterocycles. The van der Waals surface area contributed by atoms with Crippen LogP contribution in [0.15, 0.2) is 30.3 Å². The molecule has 1 saturated heterocycles. The third-order valence-electron chi connectivity index (χ3n) is 14.2. The van der Waals surface area contributed by atoms with Gasteiger partial charge in [-0.05, 0) is 147 Å². The van der Waals surface area contributed by atoms with Gasteiger partial charge >= 0.3 is 24.4 Å². The number of hydrogen-bond acceptors (Lipinski definition) is 22. The van der Waals surface area contributed by atoms with Crippen LogP contribution >= 0.6 is 0 Å². The van der Waals surface area contributed by atoms with E-state index < -0.39 is 217 Å². The van der Waals surface area contributed by atoms with Gasteiger partial charge in [0.1, 0.15) is 76.8 Å². The molecule has 102 heavy (non-hydrogen) atoms. The summed E-state index contributed by atoms with van der Waals surface area (Å²) in [6.45, 7) is 21.8. The molecule has 2 rings (SSSR count). The molecule has 576 valence electrons. The summed E-state index contributed by atoms with van der Waals surface area (Å²) in [6.07, 6.45) is -9.48. The molecule has 1 aliphatic heterocycles. The summed E-state index contributed by atoms with van der Waals surface area (Å²) in [7, 11) is 0. The molecule has 36 nitrogen and oxygen atoms in total. The number of carbonyl (C=O) groups excluding carboxylic acids is 14. The van der Waals surface area contributed by atoms with Gasteiger partial charge in [-0.3, -0.25) is 47.9 Å². The molecular weight excluding hydrogens is 1340 g/mol. The Balaban J connectivity index is 2.93. The SMILES string of the molecule is CC(C)C[C@@H]1NC(=O)[C@@H](Cc2ccccc2)NC(=O)[C@H](CCNC(=O)OC(C)(C)C)NC(=O)[C@@H](NC(=O)[C@@H](CO)NC(=O)[C@@H](NC(=O)[C@@H](N)CCNC(=O)OC(C)(C)C)[C@@H](C)O)CCNC(=O)[C@H]([C@@H](C)O)NC(=O)[C@H](CCNC(=O)OC(C)(C)C)NC(=O)[C@H](CCNC(=O)OC(C)(C)C)NC1=O. The van der Waals surface area contributed by atoms with Crippen LogP contribution < -0.4 is 80.2 Å². The number of nitrogens with one attached hydrogen (secondary N) is 14. The van der Waals surface area contributed by atoms with Gasteiger partial charge in [0.2, 0.25) is 59.1 Å². The molecule has 0 bridgehead atoms. The monoisotopic (exact) mass is 1450 g/mol. The first-order valence-corrected chi connectivity index (χ1v) is 33.8. The Morgan fingerprint density at radius 1 is 0.510 bits per heavy atom. The van der Waals surface area contributed by atoms with Crippen LogP contribution in [0.2, 0.25) is 0 Å². The lowest BCUT2D eigenvalue weighted by atomic mass is 10.00. The molecular formula is C66H111N15O21. The molecule has 14 amide bonds. The van der Waals surface area contributed by atoms with Crippen molar-refractivity contribution in [1.29, 1.82) is 0 Å². The molecule has 12 atom stereocenters. The van der Waals surface area contributed by atoms with Crippen molar-refractivity contribution in [2.45, 2.75) is 251 Å². The number of ether oxygens (including phenoxy) is 4. The Bertz CT molecular complexity index is 3000. The van der Waals surface area contributed by atoms with Crippen molar-refractivity contribution >= 4 is 83.4 Å². The van der Waals surface area contributed by atoms with E-state index in [1.807, 2.05) is 0 Å². The number of rotatable bonds is 25. The van der Waals surface area contributed by atoms with Crippen molar-refractivity contribution in [2.75, 3.05) is 39.3 Å². The van der Waals surface area contributed by atoms with Crippen molar-refractivity contribution in [2.24, 2.45) is 11.7 Å². The molecule has 0 saturated carbocycles. The average molecular weight is 1450 g/mol. The Labute approximate surface area is 594 Å². The molecule has 0 aliphatic carbocycles. The Hall–Kier alpha value is -9.16. The molecule has 19 N–H and O–H groups in total. The molecule has 1 heterocycles. The van der Waals surface area contributed by atoms with E-state index in [9.17, 15) is 82.4 Å². The number of hydrogen-bond donors (Lipinski definition) is 18. The highest BCUT2D eigenvalue weighted by Gasteiger charge is 2.38. The third kappa shape index (κ3) is 35.9. The zero-order valence-corrected chi connectivity index (χ0v) is 61.4. The molecule has 1 aliphatic rings. The van der Waals surface area contributed by atoms with E-state index in [1.165, 1.54) is 0 Å². The second-order valence-electron chi connectivity index (χ2n) is 28.9. The van der Waals surface area contributed by atoms with E-state index in [0.29, 0.717) is 5.56 Å². The van der Waals surface area contributed by atoms with Crippen molar-refractivity contribution in [3.05, 3.63) is 35.9 Å². The van der Waals surface area contributed by atoms with Gasteiger partial charge in [-0.2, -0.15) is 0 Å². The van der Waals surface area contributed by atoms with E-state index in [1.54, 1.807) is 127 Å². The van der Waals surface area contributed by atoms with Gasteiger partial charge in [0.05, 0.1) is 24.9 Å². The van der Waals surface area contributed by atoms with Crippen LogP contribution in [0.3, 0.4) is 0 Å². The second-order valence-corrected chi connectivity index (χ2v) is 28.9. The van der Waals surface area contributed by atoms with Crippen LogP contribution in [0.25, 0.3) is 0 Å². The van der Waals surface area contributed by atoms with Crippen LogP contribution in [0.4, 0.5) is 19.2 Å². The number of nitrogens with two attached hydrogens (primary N) is 1. The normalized spacial score (nSPS) is 21.1. The number of benzene rings is 1. The summed E-state index contributed by atoms with van der Waals surface area (Å²) in [5.41, 5.74) is 2.75. The summed E-state index contributed by atoms with van der Waals surface area (Å²) >= 11 is 0. The van der Waals surface area contributed by atoms with Gasteiger partial charge in [-0.1, -0.05) is 44.2 Å². The van der Waals surface area contributed by atoms with Gasteiger partial charge in [0.25, 0.3) is 0 Å². The fourth-order valence-corrected chi connectivity index (χ4v) is 9.37. The lowest BCUT2D eigenvalue weighted by molar-refractivity contribution is -0.137. The Morgan fingerprint density at radius 3 is 1.31 bits per heavy atom. The minimum Gasteiger partial charge on any atom is -0.444 e. The lowest BCUT2D eigenvalue weighted by Gasteiger charge is -2.29. The van der Waals surface area contributed by atoms with Crippen LogP contribution in [0.1, 0.15) is 155 Å². The molecule has 1 fully saturated rings. The van der Waals surface area contributed by atoms with Crippen molar-refractivity contribution in [1.82, 2.24) is 74.4 Å². The fourth-order valence-electron chi connectivity index (χ4n) is 9.37. The van der Waals surface area contributed by atoms with Crippen molar-refractivity contribution in [3.8, 4) is 0 Å². The zero-order valence-electron chi connectivity index (χ0n) is 61.4. The second kappa shape index (κ2) is 41.7. The maximum absolute atomic E-state index is 14.9. The number of aliphatic hydroxyl groups is 3. The third-order valence-corrected chi connectivity index (χ3v) is 14.2. The summed E-state index contributed by atoms with van der Waals surface area (Å²) in [6, 6.07) is -8.98. The topological polar surface area (TPSA) is 531 Å². The van der Waals surface area contributed by atoms with Crippen LogP contribution in [0.5, 0.6) is 0 Å². The van der Waals surface area contributed by atoms with Gasteiger partial charge in [-0.25, -0.2) is 19.2 Å². The van der Waals surface area contributed by atoms with Gasteiger partial charge in [0, 0.05) is 39.1 Å². The van der Waals surface area contributed by atoms with Crippen LogP contribution in [-0.4, -0.2) is 233 Å². The first kappa shape index (κ1) is 88.9. The average Bonchev–Trinajstić information content (AvgIpc) is 0.924. The summed E-state index contributed by atoms with van der Waals surface area (Å²) in [5, 5.41) is 66.9. The number of amides is 14. The maximum atomic E-state index is 14.9. The maximum Gasteiger partial charge on any atom is 0.407 e. The summed E-state index contributed by atoms with van der Waals surface area (Å²) < 4.78 is 21.2. The zero-order chi connectivity index (χ0) is 77.6. The van der Waals surface area contributed by atoms with E-state index in [4.69, 9.17) is 24.7 Å². The first-order valence-electron chi connectivity index (χ1n) is 33.8. The lowest BCUT2D eigenvalue weighted by Crippen LogP contribution is -2.62. The van der Waals surface area contributed by atoms with E-state index in [0.717, 1.165) is 13.8 Å². The highest BCUT2D eigenvalue weighted by molar-refractivity contribution is 5.99. The largest absolute Gasteiger partial charge is 0.444 e. The number of aliphatic hydroxyl groups excluding tert-OH is 3. The molecule has 1 aromatic carbocycles. The molecule has 0 unspecified atom stereocenters. The Kier molecular flexibility index (Phi) is 36.3. The fraction of sp³-hybridized carbons (Fsp3) is 0.697. The smallest absolute Gasteiger partial charge is 0.407 e.